The van der Waals surface area contributed by atoms with E-state index in [-0.39, 0.29) is 18.1 Å². The Morgan fingerprint density at radius 1 is 1.07 bits per heavy atom. The summed E-state index contributed by atoms with van der Waals surface area (Å²) < 4.78 is 31.0. The maximum Gasteiger partial charge on any atom is 0.273 e. The molecule has 12 nitrogen and oxygen atoms in total. The summed E-state index contributed by atoms with van der Waals surface area (Å²) in [6, 6.07) is 7.59. The van der Waals surface area contributed by atoms with E-state index in [9.17, 15) is 4.79 Å². The molecule has 234 valence electrons. The average Bonchev–Trinajstić information content (AvgIpc) is 3.67. The number of aromatic nitrogens is 4. The number of ether oxygens (including phenoxy) is 4. The Hall–Kier alpha value is -4.16. The van der Waals surface area contributed by atoms with Gasteiger partial charge in [0, 0.05) is 50.8 Å². The third-order valence-electron chi connectivity index (χ3n) is 8.02. The van der Waals surface area contributed by atoms with Gasteiger partial charge in [0.05, 0.1) is 37.4 Å². The highest BCUT2D eigenvalue weighted by Gasteiger charge is 2.20. The summed E-state index contributed by atoms with van der Waals surface area (Å²) >= 11 is 0. The molecule has 1 aliphatic heterocycles. The lowest BCUT2D eigenvalue weighted by atomic mass is 9.98. The number of carbonyl (C=O) groups excluding carboxylic acids is 1. The topological polar surface area (TPSA) is 135 Å². The van der Waals surface area contributed by atoms with Gasteiger partial charge >= 0.3 is 0 Å². The predicted molar refractivity (Wildman–Crippen MR) is 162 cm³/mol. The monoisotopic (exact) mass is 604 g/mol. The maximum absolute atomic E-state index is 12.6. The van der Waals surface area contributed by atoms with Crippen molar-refractivity contribution in [2.24, 2.45) is 0 Å². The van der Waals surface area contributed by atoms with Crippen LogP contribution in [0.1, 0.15) is 60.0 Å². The molecule has 0 unspecified atom stereocenters. The fourth-order valence-corrected chi connectivity index (χ4v) is 5.74. The van der Waals surface area contributed by atoms with E-state index in [1.54, 1.807) is 25.4 Å². The Bertz CT molecular complexity index is 1550. The molecule has 1 amide bonds. The van der Waals surface area contributed by atoms with Crippen LogP contribution in [-0.4, -0.2) is 71.6 Å². The van der Waals surface area contributed by atoms with Gasteiger partial charge in [-0.25, -0.2) is 9.97 Å². The zero-order valence-electron chi connectivity index (χ0n) is 25.2. The van der Waals surface area contributed by atoms with Crippen LogP contribution in [0.5, 0.6) is 17.2 Å². The highest BCUT2D eigenvalue weighted by atomic mass is 16.6. The first kappa shape index (κ1) is 29.9. The molecule has 6 rings (SSSR count). The van der Waals surface area contributed by atoms with E-state index in [4.69, 9.17) is 28.3 Å². The van der Waals surface area contributed by atoms with E-state index < -0.39 is 0 Å². The van der Waals surface area contributed by atoms with Gasteiger partial charge in [0.1, 0.15) is 36.7 Å². The van der Waals surface area contributed by atoms with Crippen molar-refractivity contribution in [3.05, 3.63) is 59.8 Å². The number of methoxy groups -OCH3 is 1. The van der Waals surface area contributed by atoms with Crippen molar-refractivity contribution in [1.29, 1.82) is 0 Å². The van der Waals surface area contributed by atoms with Gasteiger partial charge in [0.25, 0.3) is 5.91 Å². The largest absolute Gasteiger partial charge is 0.495 e. The zero-order valence-corrected chi connectivity index (χ0v) is 25.2. The van der Waals surface area contributed by atoms with Crippen LogP contribution in [0.15, 0.2) is 41.1 Å². The Balaban J connectivity index is 1.01. The van der Waals surface area contributed by atoms with Gasteiger partial charge in [-0.05, 0) is 25.0 Å². The second kappa shape index (κ2) is 14.5. The molecule has 1 aliphatic carbocycles. The zero-order chi connectivity index (χ0) is 30.1. The van der Waals surface area contributed by atoms with Crippen molar-refractivity contribution in [3.8, 4) is 17.2 Å². The third-order valence-corrected chi connectivity index (χ3v) is 8.02. The average molecular weight is 605 g/mol. The quantitative estimate of drug-likeness (QED) is 0.204. The van der Waals surface area contributed by atoms with Crippen LogP contribution in [-0.2, 0) is 30.7 Å². The molecule has 0 atom stereocenters. The van der Waals surface area contributed by atoms with Crippen molar-refractivity contribution in [2.75, 3.05) is 40.0 Å². The molecule has 3 aromatic heterocycles. The molecule has 2 aliphatic rings. The summed E-state index contributed by atoms with van der Waals surface area (Å²) in [6.45, 7) is 4.07. The summed E-state index contributed by atoms with van der Waals surface area (Å²) in [5.41, 5.74) is 2.80. The number of hydrogen-bond acceptors (Lipinski definition) is 10. The summed E-state index contributed by atoms with van der Waals surface area (Å²) in [6.07, 6.45) is 10.8. The number of carbonyl (C=O) groups is 1. The lowest BCUT2D eigenvalue weighted by molar-refractivity contribution is 0.0242. The van der Waals surface area contributed by atoms with Gasteiger partial charge in [-0.1, -0.05) is 19.3 Å². The first-order valence-corrected chi connectivity index (χ1v) is 15.5. The second-order valence-electron chi connectivity index (χ2n) is 11.0. The van der Waals surface area contributed by atoms with E-state index in [0.717, 1.165) is 60.7 Å². The van der Waals surface area contributed by atoms with Crippen LogP contribution in [0.4, 0.5) is 0 Å². The molecule has 4 aromatic rings. The molecular formula is C32H40N6O6. The first-order chi connectivity index (χ1) is 21.7. The van der Waals surface area contributed by atoms with Gasteiger partial charge in [-0.3, -0.25) is 9.78 Å². The van der Waals surface area contributed by atoms with Gasteiger partial charge < -0.3 is 38.6 Å². The summed E-state index contributed by atoms with van der Waals surface area (Å²) in [5.74, 6) is 3.28. The number of pyridine rings is 1. The number of nitrogens with zero attached hydrogens (tertiary/aromatic N) is 4. The fourth-order valence-electron chi connectivity index (χ4n) is 5.74. The first-order valence-electron chi connectivity index (χ1n) is 15.5. The summed E-state index contributed by atoms with van der Waals surface area (Å²) in [7, 11) is 1.57. The highest BCUT2D eigenvalue weighted by molar-refractivity contribution is 5.91. The van der Waals surface area contributed by atoms with Crippen LogP contribution < -0.4 is 24.8 Å². The standard InChI is InChI=1S/C32H40N6O6/c1-40-27-8-5-11-34-24(27)20-35-32(39)25-21-44-31(37-25)10-13-33-12-9-30-36-23-18-28-29(43-17-16-42-28)19-26(23)38(30)14-15-41-22-6-3-2-4-7-22/h5,8,11,18-19,21-22,33H,2-4,6-7,9-10,12-17,20H2,1H3,(H,35,39). The van der Waals surface area contributed by atoms with E-state index in [1.165, 1.54) is 25.5 Å². The van der Waals surface area contributed by atoms with Crippen molar-refractivity contribution in [2.45, 2.75) is 64.1 Å². The Labute approximate surface area is 256 Å². The molecule has 0 bridgehead atoms. The van der Waals surface area contributed by atoms with E-state index in [2.05, 4.69) is 25.2 Å². The van der Waals surface area contributed by atoms with Gasteiger partial charge in [0.2, 0.25) is 0 Å². The molecule has 0 radical (unpaired) electrons. The lowest BCUT2D eigenvalue weighted by Crippen LogP contribution is -2.24. The number of imidazole rings is 1. The lowest BCUT2D eigenvalue weighted by Gasteiger charge is -2.22. The number of rotatable bonds is 14. The summed E-state index contributed by atoms with van der Waals surface area (Å²) in [5, 5.41) is 6.27. The number of nitrogens with one attached hydrogen (secondary N) is 2. The Kier molecular flexibility index (Phi) is 9.88. The predicted octanol–water partition coefficient (Wildman–Crippen LogP) is 3.85. The second-order valence-corrected chi connectivity index (χ2v) is 11.0. The van der Waals surface area contributed by atoms with Crippen LogP contribution in [0.3, 0.4) is 0 Å². The van der Waals surface area contributed by atoms with Crippen molar-refractivity contribution in [1.82, 2.24) is 30.2 Å². The molecule has 2 N–H and O–H groups in total. The van der Waals surface area contributed by atoms with Crippen LogP contribution in [0.2, 0.25) is 0 Å². The molecule has 0 spiro atoms. The van der Waals surface area contributed by atoms with E-state index in [0.29, 0.717) is 56.2 Å². The smallest absolute Gasteiger partial charge is 0.273 e. The van der Waals surface area contributed by atoms with Crippen molar-refractivity contribution < 1.29 is 28.2 Å². The van der Waals surface area contributed by atoms with Crippen molar-refractivity contribution in [3.63, 3.8) is 0 Å². The molecule has 44 heavy (non-hydrogen) atoms. The molecule has 0 saturated heterocycles. The Morgan fingerprint density at radius 2 is 1.89 bits per heavy atom. The van der Waals surface area contributed by atoms with Crippen LogP contribution in [0.25, 0.3) is 11.0 Å². The van der Waals surface area contributed by atoms with Gasteiger partial charge in [0.15, 0.2) is 23.1 Å². The molecule has 1 saturated carbocycles. The molecule has 4 heterocycles. The minimum absolute atomic E-state index is 0.229. The maximum atomic E-state index is 12.6. The molecule has 1 fully saturated rings. The van der Waals surface area contributed by atoms with Crippen LogP contribution in [0, 0.1) is 0 Å². The van der Waals surface area contributed by atoms with E-state index >= 15 is 0 Å². The number of amides is 1. The number of benzene rings is 1. The SMILES string of the molecule is COc1cccnc1CNC(=O)c1coc(CCNCCc2nc3cc4c(cc3n2CCOC2CCCCC2)OCCO4)n1. The number of hydrogen-bond donors (Lipinski definition) is 2. The third kappa shape index (κ3) is 7.31. The number of oxazole rings is 1. The van der Waals surface area contributed by atoms with Gasteiger partial charge in [-0.2, -0.15) is 0 Å². The number of fused-ring (bicyclic) bond motifs is 2. The van der Waals surface area contributed by atoms with E-state index in [1.807, 2.05) is 12.1 Å². The summed E-state index contributed by atoms with van der Waals surface area (Å²) in [4.78, 5) is 26.1. The molecule has 12 heteroatoms. The molecule has 1 aromatic carbocycles. The van der Waals surface area contributed by atoms with Crippen molar-refractivity contribution >= 4 is 16.9 Å². The Morgan fingerprint density at radius 3 is 2.73 bits per heavy atom. The highest BCUT2D eigenvalue weighted by Crippen LogP contribution is 2.35. The minimum atomic E-state index is -0.329. The van der Waals surface area contributed by atoms with Crippen LogP contribution >= 0.6 is 0 Å². The molecular weight excluding hydrogens is 564 g/mol. The normalized spacial score (nSPS) is 15.0. The minimum Gasteiger partial charge on any atom is -0.495 e. The van der Waals surface area contributed by atoms with Gasteiger partial charge in [-0.15, -0.1) is 0 Å². The fraction of sp³-hybridized carbons (Fsp3) is 0.500.